The summed E-state index contributed by atoms with van der Waals surface area (Å²) in [5.74, 6) is 0. The molecule has 0 spiro atoms. The van der Waals surface area contributed by atoms with Gasteiger partial charge in [0.05, 0.1) is 16.9 Å². The van der Waals surface area contributed by atoms with Crippen molar-refractivity contribution in [3.05, 3.63) is 23.0 Å². The minimum absolute atomic E-state index is 0.414. The van der Waals surface area contributed by atoms with Crippen LogP contribution in [0.5, 0.6) is 0 Å². The molecular formula is C14H19N3. The Bertz CT molecular complexity index is 467. The van der Waals surface area contributed by atoms with E-state index in [1.54, 1.807) is 0 Å². The predicted octanol–water partition coefficient (Wildman–Crippen LogP) is 3.17. The average molecular weight is 229 g/mol. The van der Waals surface area contributed by atoms with Crippen molar-refractivity contribution in [3.63, 3.8) is 0 Å². The SMILES string of the molecule is Cc1cc(NCC2(C)CCC2)c(C#N)c(C)n1. The molecule has 1 aromatic heterocycles. The topological polar surface area (TPSA) is 48.7 Å². The first kappa shape index (κ1) is 11.9. The third kappa shape index (κ3) is 2.41. The van der Waals surface area contributed by atoms with Crippen molar-refractivity contribution in [3.8, 4) is 6.07 Å². The average Bonchev–Trinajstić information content (AvgIpc) is 2.23. The third-order valence-corrected chi connectivity index (χ3v) is 3.71. The zero-order valence-electron chi connectivity index (χ0n) is 10.8. The number of nitrogens with one attached hydrogen (secondary N) is 1. The quantitative estimate of drug-likeness (QED) is 0.866. The van der Waals surface area contributed by atoms with Crippen molar-refractivity contribution in [1.82, 2.24) is 4.98 Å². The Morgan fingerprint density at radius 3 is 2.71 bits per heavy atom. The van der Waals surface area contributed by atoms with E-state index in [0.29, 0.717) is 11.0 Å². The fraction of sp³-hybridized carbons (Fsp3) is 0.571. The molecule has 1 aliphatic rings. The van der Waals surface area contributed by atoms with Crippen LogP contribution in [0.1, 0.15) is 43.1 Å². The van der Waals surface area contributed by atoms with Crippen molar-refractivity contribution < 1.29 is 0 Å². The van der Waals surface area contributed by atoms with Gasteiger partial charge in [0, 0.05) is 12.2 Å². The van der Waals surface area contributed by atoms with Crippen LogP contribution >= 0.6 is 0 Å². The van der Waals surface area contributed by atoms with Gasteiger partial charge >= 0.3 is 0 Å². The first-order chi connectivity index (χ1) is 8.04. The highest BCUT2D eigenvalue weighted by Crippen LogP contribution is 2.40. The first-order valence-corrected chi connectivity index (χ1v) is 6.16. The first-order valence-electron chi connectivity index (χ1n) is 6.16. The van der Waals surface area contributed by atoms with Crippen molar-refractivity contribution in [2.24, 2.45) is 5.41 Å². The summed E-state index contributed by atoms with van der Waals surface area (Å²) in [6, 6.07) is 4.20. The van der Waals surface area contributed by atoms with E-state index >= 15 is 0 Å². The Kier molecular flexibility index (Phi) is 3.06. The minimum atomic E-state index is 0.414. The molecule has 3 heteroatoms. The number of anilines is 1. The lowest BCUT2D eigenvalue weighted by molar-refractivity contribution is 0.180. The second-order valence-electron chi connectivity index (χ2n) is 5.40. The minimum Gasteiger partial charge on any atom is -0.383 e. The van der Waals surface area contributed by atoms with Crippen molar-refractivity contribution in [1.29, 1.82) is 5.26 Å². The second kappa shape index (κ2) is 4.37. The van der Waals surface area contributed by atoms with Crippen molar-refractivity contribution in [2.75, 3.05) is 11.9 Å². The van der Waals surface area contributed by atoms with E-state index in [-0.39, 0.29) is 0 Å². The number of hydrogen-bond donors (Lipinski definition) is 1. The highest BCUT2D eigenvalue weighted by Gasteiger charge is 2.31. The Balaban J connectivity index is 2.17. The molecule has 1 aromatic rings. The lowest BCUT2D eigenvalue weighted by atomic mass is 9.70. The highest BCUT2D eigenvalue weighted by molar-refractivity contribution is 5.59. The zero-order valence-corrected chi connectivity index (χ0v) is 10.8. The van der Waals surface area contributed by atoms with Gasteiger partial charge in [0.25, 0.3) is 0 Å². The molecule has 0 unspecified atom stereocenters. The van der Waals surface area contributed by atoms with Gasteiger partial charge < -0.3 is 5.32 Å². The number of nitrogens with zero attached hydrogens (tertiary/aromatic N) is 2. The Morgan fingerprint density at radius 1 is 1.47 bits per heavy atom. The monoisotopic (exact) mass is 229 g/mol. The molecule has 0 amide bonds. The molecule has 1 saturated carbocycles. The molecule has 1 N–H and O–H groups in total. The van der Waals surface area contributed by atoms with Gasteiger partial charge in [-0.15, -0.1) is 0 Å². The lowest BCUT2D eigenvalue weighted by Crippen LogP contribution is -2.33. The number of hydrogen-bond acceptors (Lipinski definition) is 3. The van der Waals surface area contributed by atoms with E-state index in [1.807, 2.05) is 19.9 Å². The molecule has 1 heterocycles. The summed E-state index contributed by atoms with van der Waals surface area (Å²) in [6.45, 7) is 7.10. The van der Waals surface area contributed by atoms with Crippen LogP contribution in [0.3, 0.4) is 0 Å². The highest BCUT2D eigenvalue weighted by atomic mass is 14.9. The van der Waals surface area contributed by atoms with Crippen LogP contribution < -0.4 is 5.32 Å². The molecule has 17 heavy (non-hydrogen) atoms. The second-order valence-corrected chi connectivity index (χ2v) is 5.40. The summed E-state index contributed by atoms with van der Waals surface area (Å²) in [5.41, 5.74) is 3.80. The Hall–Kier alpha value is -1.56. The molecule has 2 rings (SSSR count). The van der Waals surface area contributed by atoms with E-state index in [4.69, 9.17) is 5.26 Å². The van der Waals surface area contributed by atoms with E-state index in [0.717, 1.165) is 23.6 Å². The Labute approximate surface area is 103 Å². The summed E-state index contributed by atoms with van der Waals surface area (Å²) in [7, 11) is 0. The molecule has 3 nitrogen and oxygen atoms in total. The van der Waals surface area contributed by atoms with Gasteiger partial charge in [-0.2, -0.15) is 5.26 Å². The van der Waals surface area contributed by atoms with Gasteiger partial charge in [-0.3, -0.25) is 4.98 Å². The molecular weight excluding hydrogens is 210 g/mol. The van der Waals surface area contributed by atoms with Crippen LogP contribution in [0.4, 0.5) is 5.69 Å². The smallest absolute Gasteiger partial charge is 0.103 e. The summed E-state index contributed by atoms with van der Waals surface area (Å²) in [5, 5.41) is 12.6. The fourth-order valence-corrected chi connectivity index (χ4v) is 2.37. The van der Waals surface area contributed by atoms with Gasteiger partial charge in [-0.1, -0.05) is 13.3 Å². The molecule has 0 aromatic carbocycles. The standard InChI is InChI=1S/C14H19N3/c1-10-7-13(12(8-15)11(2)17-10)16-9-14(3)5-4-6-14/h7H,4-6,9H2,1-3H3,(H,16,17). The molecule has 0 aliphatic heterocycles. The van der Waals surface area contributed by atoms with Gasteiger partial charge in [0.1, 0.15) is 6.07 Å². The van der Waals surface area contributed by atoms with Crippen LogP contribution in [0.25, 0.3) is 0 Å². The number of rotatable bonds is 3. The van der Waals surface area contributed by atoms with Crippen LogP contribution in [0.15, 0.2) is 6.07 Å². The summed E-state index contributed by atoms with van der Waals surface area (Å²) in [4.78, 5) is 4.32. The number of aryl methyl sites for hydroxylation is 2. The summed E-state index contributed by atoms with van der Waals surface area (Å²) < 4.78 is 0. The van der Waals surface area contributed by atoms with E-state index in [9.17, 15) is 0 Å². The van der Waals surface area contributed by atoms with E-state index < -0.39 is 0 Å². The predicted molar refractivity (Wildman–Crippen MR) is 68.9 cm³/mol. The van der Waals surface area contributed by atoms with Gasteiger partial charge in [-0.25, -0.2) is 0 Å². The fourth-order valence-electron chi connectivity index (χ4n) is 2.37. The molecule has 0 atom stereocenters. The third-order valence-electron chi connectivity index (χ3n) is 3.71. The maximum Gasteiger partial charge on any atom is 0.103 e. The number of nitriles is 1. The molecule has 0 radical (unpaired) electrons. The number of pyridine rings is 1. The van der Waals surface area contributed by atoms with Crippen molar-refractivity contribution >= 4 is 5.69 Å². The number of aromatic nitrogens is 1. The molecule has 90 valence electrons. The van der Waals surface area contributed by atoms with Crippen molar-refractivity contribution in [2.45, 2.75) is 40.0 Å². The van der Waals surface area contributed by atoms with E-state index in [1.165, 1.54) is 19.3 Å². The summed E-state index contributed by atoms with van der Waals surface area (Å²) >= 11 is 0. The largest absolute Gasteiger partial charge is 0.383 e. The van der Waals surface area contributed by atoms with E-state index in [2.05, 4.69) is 23.3 Å². The lowest BCUT2D eigenvalue weighted by Gasteiger charge is -2.38. The van der Waals surface area contributed by atoms with Crippen LogP contribution in [0.2, 0.25) is 0 Å². The van der Waals surface area contributed by atoms with Crippen LogP contribution in [0, 0.1) is 30.6 Å². The molecule has 1 fully saturated rings. The molecule has 0 saturated heterocycles. The zero-order chi connectivity index (χ0) is 12.5. The molecule has 1 aliphatic carbocycles. The van der Waals surface area contributed by atoms with Crippen LogP contribution in [-0.2, 0) is 0 Å². The Morgan fingerprint density at radius 2 is 2.18 bits per heavy atom. The summed E-state index contributed by atoms with van der Waals surface area (Å²) in [6.07, 6.45) is 3.90. The maximum absolute atomic E-state index is 9.16. The normalized spacial score (nSPS) is 17.1. The van der Waals surface area contributed by atoms with Crippen LogP contribution in [-0.4, -0.2) is 11.5 Å². The van der Waals surface area contributed by atoms with Gasteiger partial charge in [-0.05, 0) is 38.2 Å². The molecule has 0 bridgehead atoms. The van der Waals surface area contributed by atoms with Gasteiger partial charge in [0.15, 0.2) is 0 Å². The maximum atomic E-state index is 9.16. The van der Waals surface area contributed by atoms with Gasteiger partial charge in [0.2, 0.25) is 0 Å².